The van der Waals surface area contributed by atoms with Crippen LogP contribution in [-0.4, -0.2) is 165 Å². The van der Waals surface area contributed by atoms with Gasteiger partial charge in [-0.1, -0.05) is 129 Å². The molecule has 0 amide bonds. The number of unbranched alkanes of at least 4 members (excludes halogenated alkanes) is 1. The Bertz CT molecular complexity index is 3060. The predicted molar refractivity (Wildman–Crippen MR) is 481 cm³/mol. The van der Waals surface area contributed by atoms with Gasteiger partial charge in [-0.3, -0.25) is 4.98 Å². The molecule has 15 heteroatoms. The molecule has 7 aromatic rings. The van der Waals surface area contributed by atoms with Gasteiger partial charge in [-0.2, -0.15) is 0 Å². The van der Waals surface area contributed by atoms with E-state index in [-0.39, 0.29) is 17.8 Å². The Kier molecular flexibility index (Phi) is 69.2. The molecule has 2 aromatic heterocycles. The molecule has 7 rings (SSSR count). The molecule has 0 spiro atoms. The lowest BCUT2D eigenvalue weighted by molar-refractivity contribution is -0.0424. The molecule has 636 valence electrons. The van der Waals surface area contributed by atoms with Crippen LogP contribution in [0.15, 0.2) is 175 Å². The van der Waals surface area contributed by atoms with Crippen molar-refractivity contribution >= 4 is 17.0 Å². The number of ether oxygens (including phenoxy) is 11. The Balaban J connectivity index is 0. The van der Waals surface area contributed by atoms with Crippen LogP contribution in [0.2, 0.25) is 0 Å². The van der Waals surface area contributed by atoms with Crippen LogP contribution in [0.25, 0.3) is 11.1 Å². The number of rotatable bonds is 41. The fourth-order valence-electron chi connectivity index (χ4n) is 9.54. The number of aryl methyl sites for hydroxylation is 1. The zero-order valence-electron chi connectivity index (χ0n) is 75.5. The van der Waals surface area contributed by atoms with Crippen molar-refractivity contribution in [1.29, 1.82) is 0 Å². The third-order valence-corrected chi connectivity index (χ3v) is 15.9. The molecule has 0 N–H and O–H groups in total. The smallest absolute Gasteiger partial charge is 0.119 e. The maximum absolute atomic E-state index is 5.69. The number of anilines is 1. The van der Waals surface area contributed by atoms with E-state index in [0.717, 1.165) is 123 Å². The highest BCUT2D eigenvalue weighted by atomic mass is 32.1. The highest BCUT2D eigenvalue weighted by Gasteiger charge is 2.11. The van der Waals surface area contributed by atoms with Crippen molar-refractivity contribution in [2.75, 3.05) is 99.1 Å². The summed E-state index contributed by atoms with van der Waals surface area (Å²) in [5.41, 5.74) is 10.2. The van der Waals surface area contributed by atoms with E-state index in [1.54, 1.807) is 11.3 Å². The second-order valence-corrected chi connectivity index (χ2v) is 32.0. The van der Waals surface area contributed by atoms with Gasteiger partial charge in [-0.05, 0) is 305 Å². The zero-order valence-corrected chi connectivity index (χ0v) is 76.3. The van der Waals surface area contributed by atoms with Gasteiger partial charge in [0.15, 0.2) is 0 Å². The Labute approximate surface area is 690 Å². The Morgan fingerprint density at radius 1 is 0.375 bits per heavy atom. The number of thiophene rings is 1. The van der Waals surface area contributed by atoms with E-state index in [1.165, 1.54) is 55.9 Å². The van der Waals surface area contributed by atoms with Gasteiger partial charge < -0.3 is 61.9 Å². The second kappa shape index (κ2) is 71.6. The van der Waals surface area contributed by atoms with Crippen LogP contribution < -0.4 is 9.64 Å². The SMILES string of the molecule is CC(C)OC(C)(C)C.CC(C)OCCCN(C)C.CC(C)OCCCc1ccccc1.CC(C)OCCc1ccc(N(C)C)cc1.CC(C)OCCc1cccs1.CC(C)OCCc1ccncc1.CC(C)OCc1ccccc1-c1ccccc1.CCCCOc1ccc(COC(C)C)cc1.CCOCCCOC(C)C. The molecule has 0 saturated carbocycles. The van der Waals surface area contributed by atoms with Crippen molar-refractivity contribution in [3.8, 4) is 16.9 Å². The number of benzene rings is 5. The maximum atomic E-state index is 5.69. The first-order chi connectivity index (χ1) is 53.3. The van der Waals surface area contributed by atoms with E-state index in [4.69, 9.17) is 52.1 Å². The lowest BCUT2D eigenvalue weighted by atomic mass is 10.0. The van der Waals surface area contributed by atoms with Crippen LogP contribution in [0, 0.1) is 0 Å². The van der Waals surface area contributed by atoms with E-state index < -0.39 is 0 Å². The molecule has 2 heterocycles. The normalized spacial score (nSPS) is 10.9. The number of aromatic nitrogens is 1. The summed E-state index contributed by atoms with van der Waals surface area (Å²) < 4.78 is 59.9. The fraction of sp³-hybridized carbons (Fsp3) is 0.598. The van der Waals surface area contributed by atoms with Gasteiger partial charge in [0.1, 0.15) is 5.75 Å². The van der Waals surface area contributed by atoms with Crippen LogP contribution in [0.4, 0.5) is 5.69 Å². The zero-order chi connectivity index (χ0) is 84.2. The number of nitrogens with zero attached hydrogens (tertiary/aromatic N) is 3. The second-order valence-electron chi connectivity index (χ2n) is 30.9. The van der Waals surface area contributed by atoms with E-state index in [9.17, 15) is 0 Å². The molecule has 0 radical (unpaired) electrons. The van der Waals surface area contributed by atoms with E-state index >= 15 is 0 Å². The first-order valence-corrected chi connectivity index (χ1v) is 42.5. The van der Waals surface area contributed by atoms with Crippen molar-refractivity contribution in [1.82, 2.24) is 9.88 Å². The van der Waals surface area contributed by atoms with Gasteiger partial charge in [-0.15, -0.1) is 11.3 Å². The fourth-order valence-corrected chi connectivity index (χ4v) is 10.2. The third kappa shape index (κ3) is 73.0. The Hall–Kier alpha value is -5.89. The monoisotopic (exact) mass is 1580 g/mol. The van der Waals surface area contributed by atoms with Gasteiger partial charge in [0.05, 0.1) is 100 Å². The van der Waals surface area contributed by atoms with E-state index in [1.807, 2.05) is 111 Å². The number of hydrogen-bond donors (Lipinski definition) is 0. The third-order valence-electron chi connectivity index (χ3n) is 15.0. The molecular formula is C97H161N3O11S. The van der Waals surface area contributed by atoms with Gasteiger partial charge in [0.2, 0.25) is 0 Å². The van der Waals surface area contributed by atoms with Crippen LogP contribution in [-0.2, 0) is 86.3 Å². The molecule has 0 unspecified atom stereocenters. The molecule has 0 aliphatic heterocycles. The van der Waals surface area contributed by atoms with Crippen LogP contribution >= 0.6 is 11.3 Å². The van der Waals surface area contributed by atoms with E-state index in [2.05, 4.69) is 267 Å². The molecule has 0 bridgehead atoms. The van der Waals surface area contributed by atoms with Crippen molar-refractivity contribution in [3.05, 3.63) is 208 Å². The standard InChI is InChI=1S/C16H18O.C14H22O2.C13H21NO.C12H18O.C10H15NO.C9H14OS.C8H19NO.C8H18O2.C7H16O/c1-13(2)17-12-15-10-6-7-11-16(15)14-8-4-3-5-9-14;1-4-5-10-15-14-8-6-13(7-9-14)11-16-12(2)3;1-11(2)15-10-9-12-5-7-13(8-6-12)14(3)4;1-11(2)13-10-6-9-12-7-4-3-5-8-12;1-9(2)12-8-5-10-3-6-11-7-4-10;1-8(2)10-6-5-9-4-3-7-11-9;1-8(2)10-7-5-6-9(3)4;1-4-9-6-5-7-10-8(2)3;1-6(2)8-7(3,4)5/h3-11,13H,12H2,1-2H3;6-9,12H,4-5,10-11H2,1-3H3;5-8,11H,9-10H2,1-4H3;3-5,7-8,11H,6,9-10H2,1-2H3;3-4,6-7,9H,5,8H2,1-2H3;3-4,7-8H,5-6H2,1-2H3;8H,5-7H2,1-4H3;8H,4-7H2,1-3H3;6H,1-5H3. The van der Waals surface area contributed by atoms with Gasteiger partial charge >= 0.3 is 0 Å². The van der Waals surface area contributed by atoms with Crippen molar-refractivity contribution < 1.29 is 52.1 Å². The van der Waals surface area contributed by atoms with Crippen LogP contribution in [0.1, 0.15) is 224 Å². The molecule has 14 nitrogen and oxygen atoms in total. The van der Waals surface area contributed by atoms with Crippen molar-refractivity contribution in [3.63, 3.8) is 0 Å². The lowest BCUT2D eigenvalue weighted by Crippen LogP contribution is -2.23. The Morgan fingerprint density at radius 3 is 1.28 bits per heavy atom. The minimum Gasteiger partial charge on any atom is -0.494 e. The molecular weight excluding hydrogens is 1420 g/mol. The largest absolute Gasteiger partial charge is 0.494 e. The quantitative estimate of drug-likeness (QED) is 0.0338. The average molecular weight is 1580 g/mol. The summed E-state index contributed by atoms with van der Waals surface area (Å²) in [5, 5.41) is 2.10. The van der Waals surface area contributed by atoms with Crippen molar-refractivity contribution in [2.45, 2.75) is 291 Å². The summed E-state index contributed by atoms with van der Waals surface area (Å²) in [6, 6.07) is 54.4. The summed E-state index contributed by atoms with van der Waals surface area (Å²) >= 11 is 1.79. The highest BCUT2D eigenvalue weighted by molar-refractivity contribution is 7.09. The summed E-state index contributed by atoms with van der Waals surface area (Å²) in [5.74, 6) is 0.946. The summed E-state index contributed by atoms with van der Waals surface area (Å²) in [7, 11) is 8.26. The van der Waals surface area contributed by atoms with Gasteiger partial charge in [0.25, 0.3) is 0 Å². The molecule has 0 fully saturated rings. The molecule has 112 heavy (non-hydrogen) atoms. The molecule has 0 aliphatic carbocycles. The Morgan fingerprint density at radius 2 is 0.821 bits per heavy atom. The molecule has 0 aliphatic rings. The first-order valence-electron chi connectivity index (χ1n) is 41.7. The summed E-state index contributed by atoms with van der Waals surface area (Å²) in [6.07, 6.45) is 16.3. The molecule has 0 saturated heterocycles. The average Bonchev–Trinajstić information content (AvgIpc) is 0.890. The number of hydrogen-bond acceptors (Lipinski definition) is 15. The topological polar surface area (TPSA) is 121 Å². The van der Waals surface area contributed by atoms with Crippen LogP contribution in [0.3, 0.4) is 0 Å². The molecule has 5 aromatic carbocycles. The first kappa shape index (κ1) is 108. The predicted octanol–water partition coefficient (Wildman–Crippen LogP) is 24.0. The van der Waals surface area contributed by atoms with Gasteiger partial charge in [0, 0.05) is 76.5 Å². The minimum atomic E-state index is 0.0220. The van der Waals surface area contributed by atoms with E-state index in [0.29, 0.717) is 55.9 Å². The summed E-state index contributed by atoms with van der Waals surface area (Å²) in [6.45, 7) is 57.3. The minimum absolute atomic E-state index is 0.0220. The number of pyridine rings is 1. The molecule has 0 atom stereocenters. The van der Waals surface area contributed by atoms with Crippen LogP contribution in [0.5, 0.6) is 5.75 Å². The summed E-state index contributed by atoms with van der Waals surface area (Å²) in [4.78, 5) is 9.63. The van der Waals surface area contributed by atoms with Gasteiger partial charge in [-0.25, -0.2) is 0 Å². The lowest BCUT2D eigenvalue weighted by Gasteiger charge is -2.22. The van der Waals surface area contributed by atoms with Crippen molar-refractivity contribution in [2.24, 2.45) is 0 Å². The highest BCUT2D eigenvalue weighted by Crippen LogP contribution is 2.25. The maximum Gasteiger partial charge on any atom is 0.119 e.